The van der Waals surface area contributed by atoms with E-state index in [0.29, 0.717) is 11.2 Å². The molecule has 0 bridgehead atoms. The fraction of sp³-hybridized carbons (Fsp3) is 0.737. The van der Waals surface area contributed by atoms with Crippen LogP contribution in [0.25, 0.3) is 11.2 Å². The summed E-state index contributed by atoms with van der Waals surface area (Å²) in [6, 6.07) is 0. The molecule has 1 aliphatic heterocycles. The second-order valence-electron chi connectivity index (χ2n) is 7.32. The van der Waals surface area contributed by atoms with E-state index in [0.717, 1.165) is 19.3 Å². The van der Waals surface area contributed by atoms with E-state index in [1.165, 1.54) is 25.6 Å². The van der Waals surface area contributed by atoms with E-state index >= 15 is 0 Å². The molecule has 10 nitrogen and oxygen atoms in total. The van der Waals surface area contributed by atoms with E-state index in [1.807, 2.05) is 0 Å². The molecule has 0 spiro atoms. The largest absolute Gasteiger partial charge is 0.394 e. The Morgan fingerprint density at radius 1 is 1.24 bits per heavy atom. The Kier molecular flexibility index (Phi) is 7.09. The first-order valence-corrected chi connectivity index (χ1v) is 10.2. The number of aliphatic hydroxyl groups excluding tert-OH is 2. The minimum atomic E-state index is -1.06. The van der Waals surface area contributed by atoms with Crippen molar-refractivity contribution in [2.75, 3.05) is 24.7 Å². The number of unbranched alkanes of at least 4 members (excludes halogenated alkanes) is 4. The van der Waals surface area contributed by atoms with Crippen LogP contribution in [0.3, 0.4) is 0 Å². The molecule has 0 aromatic carbocycles. The molecule has 0 aliphatic carbocycles. The quantitative estimate of drug-likeness (QED) is 0.403. The average molecular weight is 410 g/mol. The van der Waals surface area contributed by atoms with E-state index in [1.54, 1.807) is 4.57 Å². The van der Waals surface area contributed by atoms with Crippen molar-refractivity contribution in [1.82, 2.24) is 19.5 Å². The number of anilines is 2. The van der Waals surface area contributed by atoms with Crippen molar-refractivity contribution in [2.24, 2.45) is 0 Å². The summed E-state index contributed by atoms with van der Waals surface area (Å²) in [6.45, 7) is 1.95. The van der Waals surface area contributed by atoms with Gasteiger partial charge in [-0.3, -0.25) is 4.57 Å². The molecule has 1 aliphatic rings. The van der Waals surface area contributed by atoms with Crippen molar-refractivity contribution in [3.05, 3.63) is 6.33 Å². The zero-order chi connectivity index (χ0) is 21.7. The molecular formula is C19H32N6O4. The molecule has 2 aromatic rings. The predicted molar refractivity (Wildman–Crippen MR) is 109 cm³/mol. The Balaban J connectivity index is 1.69. The molecule has 2 aromatic heterocycles. The average Bonchev–Trinajstić information content (AvgIpc) is 3.27. The van der Waals surface area contributed by atoms with Gasteiger partial charge in [-0.1, -0.05) is 45.4 Å². The molecule has 29 heavy (non-hydrogen) atoms. The van der Waals surface area contributed by atoms with E-state index in [2.05, 4.69) is 21.9 Å². The first kappa shape index (κ1) is 20.3. The lowest BCUT2D eigenvalue weighted by atomic mass is 10.1. The summed E-state index contributed by atoms with van der Waals surface area (Å²) in [5, 5.41) is 20.2. The molecule has 3 heterocycles. The van der Waals surface area contributed by atoms with Gasteiger partial charge in [-0.15, -0.1) is 0 Å². The maximum Gasteiger partial charge on any atom is 0.224 e. The number of imidazole rings is 1. The van der Waals surface area contributed by atoms with E-state index < -0.39 is 30.9 Å². The van der Waals surface area contributed by atoms with Crippen LogP contribution in [0.1, 0.15) is 59.4 Å². The number of hydrogen-bond donors (Lipinski definition) is 4. The molecule has 5 atom stereocenters. The second-order valence-corrected chi connectivity index (χ2v) is 7.32. The van der Waals surface area contributed by atoms with Gasteiger partial charge in [0.05, 0.1) is 12.9 Å². The summed E-state index contributed by atoms with van der Waals surface area (Å²) in [4.78, 5) is 12.3. The summed E-state index contributed by atoms with van der Waals surface area (Å²) in [5.74, 6) is 0.131. The Morgan fingerprint density at radius 3 is 2.76 bits per heavy atom. The van der Waals surface area contributed by atoms with E-state index in [-0.39, 0.29) is 25.0 Å². The van der Waals surface area contributed by atoms with Gasteiger partial charge in [0.1, 0.15) is 23.8 Å². The molecule has 162 valence electrons. The topological polar surface area (TPSA) is 155 Å². The molecule has 1 fully saturated rings. The fourth-order valence-electron chi connectivity index (χ4n) is 3.57. The van der Waals surface area contributed by atoms with Crippen LogP contribution in [0, 0.1) is 0 Å². The maximum atomic E-state index is 10.6. The van der Waals surface area contributed by atoms with Crippen LogP contribution in [0.4, 0.5) is 11.8 Å². The highest BCUT2D eigenvalue weighted by atomic mass is 16.6. The van der Waals surface area contributed by atoms with Crippen molar-refractivity contribution < 1.29 is 21.1 Å². The van der Waals surface area contributed by atoms with Crippen LogP contribution in [0.5, 0.6) is 0 Å². The van der Waals surface area contributed by atoms with Crippen molar-refractivity contribution in [2.45, 2.75) is 76.4 Å². The Morgan fingerprint density at radius 2 is 2.00 bits per heavy atom. The Hall–Kier alpha value is -2.01. The van der Waals surface area contributed by atoms with Crippen molar-refractivity contribution in [3.63, 3.8) is 0 Å². The van der Waals surface area contributed by atoms with Gasteiger partial charge in [0.15, 0.2) is 17.7 Å². The van der Waals surface area contributed by atoms with Crippen LogP contribution in [-0.2, 0) is 9.47 Å². The molecule has 1 saturated heterocycles. The molecule has 3 rings (SSSR count). The van der Waals surface area contributed by atoms with Gasteiger partial charge in [-0.25, -0.2) is 4.98 Å². The number of fused-ring (bicyclic) bond motifs is 1. The lowest BCUT2D eigenvalue weighted by molar-refractivity contribution is -0.0711. The third-order valence-electron chi connectivity index (χ3n) is 5.15. The minimum absolute atomic E-state index is 0.00855. The Bertz CT molecular complexity index is 822. The van der Waals surface area contributed by atoms with Crippen LogP contribution >= 0.6 is 0 Å². The lowest BCUT2D eigenvalue weighted by Crippen LogP contribution is -2.35. The van der Waals surface area contributed by atoms with Gasteiger partial charge < -0.3 is 31.2 Å². The normalized spacial score (nSPS) is 26.1. The Labute approximate surface area is 171 Å². The highest BCUT2D eigenvalue weighted by Crippen LogP contribution is 2.34. The maximum absolute atomic E-state index is 10.6. The molecule has 10 heteroatoms. The van der Waals surface area contributed by atoms with Gasteiger partial charge in [0.2, 0.25) is 5.95 Å². The first-order chi connectivity index (χ1) is 14.5. The van der Waals surface area contributed by atoms with Gasteiger partial charge in [-0.2, -0.15) is 9.97 Å². The first-order valence-electron chi connectivity index (χ1n) is 10.8. The summed E-state index contributed by atoms with van der Waals surface area (Å²) in [5.41, 5.74) is 12.3. The third kappa shape index (κ3) is 4.95. The monoisotopic (exact) mass is 409 g/mol. The summed E-state index contributed by atoms with van der Waals surface area (Å²) in [7, 11) is 0. The van der Waals surface area contributed by atoms with Crippen molar-refractivity contribution >= 4 is 22.9 Å². The number of rotatable bonds is 11. The highest BCUT2D eigenvalue weighted by Gasteiger charge is 2.45. The van der Waals surface area contributed by atoms with Crippen LogP contribution < -0.4 is 11.5 Å². The number of nitrogen functional groups attached to an aromatic ring is 2. The number of ether oxygens (including phenoxy) is 2. The number of aliphatic hydroxyl groups is 2. The molecule has 6 N–H and O–H groups in total. The predicted octanol–water partition coefficient (Wildman–Crippen LogP) is 1.38. The molecule has 0 radical (unpaired) electrons. The highest BCUT2D eigenvalue weighted by molar-refractivity contribution is 5.82. The molecular weight excluding hydrogens is 376 g/mol. The fourth-order valence-corrected chi connectivity index (χ4v) is 3.57. The molecule has 2 unspecified atom stereocenters. The van der Waals surface area contributed by atoms with Crippen molar-refractivity contribution in [3.8, 4) is 0 Å². The summed E-state index contributed by atoms with van der Waals surface area (Å²) in [6.07, 6.45) is 3.98. The number of nitrogens with two attached hydrogens (primary N) is 2. The lowest BCUT2D eigenvalue weighted by Gasteiger charge is -2.22. The zero-order valence-corrected chi connectivity index (χ0v) is 16.8. The molecule has 0 amide bonds. The van der Waals surface area contributed by atoms with Gasteiger partial charge in [0, 0.05) is 7.98 Å². The van der Waals surface area contributed by atoms with Gasteiger partial charge in [0.25, 0.3) is 0 Å². The SMILES string of the molecule is [2H]C(CCCCCCC)CO[C@H]1C(n2cnc3c(N)nc(N)nc32)O[C@H](CO)[C@H]1O. The smallest absolute Gasteiger partial charge is 0.224 e. The molecule has 0 saturated carbocycles. The number of aromatic nitrogens is 4. The van der Waals surface area contributed by atoms with Gasteiger partial charge >= 0.3 is 0 Å². The third-order valence-corrected chi connectivity index (χ3v) is 5.15. The van der Waals surface area contributed by atoms with Gasteiger partial charge in [-0.05, 0) is 6.40 Å². The summed E-state index contributed by atoms with van der Waals surface area (Å²) < 4.78 is 21.5. The van der Waals surface area contributed by atoms with E-state index in [4.69, 9.17) is 22.3 Å². The van der Waals surface area contributed by atoms with Crippen LogP contribution in [0.15, 0.2) is 6.33 Å². The van der Waals surface area contributed by atoms with E-state index in [9.17, 15) is 10.2 Å². The number of hydrogen-bond acceptors (Lipinski definition) is 9. The standard InChI is InChI=1S/C19H32N6O4/c1-2-3-4-5-6-7-8-9-28-15-14(27)12(10-26)29-18(15)25-11-22-13-16(20)23-19(21)24-17(13)25/h11-12,14-15,18,26-27H,2-10H2,1H3,(H4,20,21,23,24)/t12-,14-,15-,18?/m1/s1/i8D/t8?,12-,14-,15-,18?. The van der Waals surface area contributed by atoms with Crippen molar-refractivity contribution in [1.29, 1.82) is 0 Å². The van der Waals surface area contributed by atoms with Crippen LogP contribution in [-0.4, -0.2) is 61.3 Å². The second kappa shape index (κ2) is 10.1. The number of nitrogens with zero attached hydrogens (tertiary/aromatic N) is 4. The van der Waals surface area contributed by atoms with Crippen LogP contribution in [0.2, 0.25) is 0 Å². The summed E-state index contributed by atoms with van der Waals surface area (Å²) >= 11 is 0. The zero-order valence-electron chi connectivity index (χ0n) is 17.8. The minimum Gasteiger partial charge on any atom is -0.394 e.